The van der Waals surface area contributed by atoms with Crippen LogP contribution in [0, 0.1) is 6.92 Å². The zero-order chi connectivity index (χ0) is 9.30. The zero-order valence-electron chi connectivity index (χ0n) is 7.32. The van der Waals surface area contributed by atoms with Gasteiger partial charge in [-0.25, -0.2) is 0 Å². The number of hydrogen-bond acceptors (Lipinski definition) is 1. The average molecular weight is 182 g/mol. The van der Waals surface area contributed by atoms with E-state index in [1.54, 1.807) is 6.07 Å². The molecule has 0 aliphatic rings. The van der Waals surface area contributed by atoms with Gasteiger partial charge in [-0.1, -0.05) is 18.2 Å². The normalized spacial score (nSPS) is 9.92. The lowest BCUT2D eigenvalue weighted by Crippen LogP contribution is -1.94. The van der Waals surface area contributed by atoms with Gasteiger partial charge < -0.3 is 5.73 Å². The number of anilines is 1. The van der Waals surface area contributed by atoms with E-state index in [4.69, 9.17) is 17.3 Å². The van der Waals surface area contributed by atoms with Crippen LogP contribution in [-0.2, 0) is 0 Å². The fraction of sp³-hybridized carbons (Fsp3) is 0.200. The minimum Gasteiger partial charge on any atom is -0.398 e. The first kappa shape index (κ1) is 9.14. The topological polar surface area (TPSA) is 26.0 Å². The highest BCUT2D eigenvalue weighted by atomic mass is 35.5. The Morgan fingerprint density at radius 3 is 2.50 bits per heavy atom. The highest BCUT2D eigenvalue weighted by molar-refractivity contribution is 6.32. The van der Waals surface area contributed by atoms with Gasteiger partial charge in [-0.2, -0.15) is 0 Å². The first-order valence-corrected chi connectivity index (χ1v) is 4.12. The summed E-state index contributed by atoms with van der Waals surface area (Å²) in [6.07, 6.45) is 0. The number of nitrogen functional groups attached to an aromatic ring is 1. The van der Waals surface area contributed by atoms with E-state index in [-0.39, 0.29) is 0 Å². The number of rotatable bonds is 1. The van der Waals surface area contributed by atoms with E-state index < -0.39 is 0 Å². The Balaban J connectivity index is 3.43. The molecule has 2 heteroatoms. The molecule has 0 aromatic heterocycles. The lowest BCUT2D eigenvalue weighted by atomic mass is 10.0. The molecule has 0 aliphatic carbocycles. The van der Waals surface area contributed by atoms with Crippen molar-refractivity contribution in [2.24, 2.45) is 0 Å². The number of benzene rings is 1. The molecule has 0 amide bonds. The van der Waals surface area contributed by atoms with Gasteiger partial charge in [-0.15, -0.1) is 0 Å². The number of allylic oxidation sites excluding steroid dienone is 1. The Hall–Kier alpha value is -0.950. The average Bonchev–Trinajstić information content (AvgIpc) is 1.97. The third-order valence-electron chi connectivity index (χ3n) is 1.88. The van der Waals surface area contributed by atoms with Crippen molar-refractivity contribution in [3.63, 3.8) is 0 Å². The molecule has 1 aromatic rings. The van der Waals surface area contributed by atoms with Gasteiger partial charge in [0.05, 0.1) is 0 Å². The molecule has 1 aromatic carbocycles. The maximum absolute atomic E-state index is 5.98. The van der Waals surface area contributed by atoms with Crippen LogP contribution < -0.4 is 5.73 Å². The predicted octanol–water partition coefficient (Wildman–Crippen LogP) is 3.26. The molecule has 0 saturated heterocycles. The summed E-state index contributed by atoms with van der Waals surface area (Å²) in [6, 6.07) is 3.61. The summed E-state index contributed by atoms with van der Waals surface area (Å²) in [5.74, 6) is 0. The highest BCUT2D eigenvalue weighted by Gasteiger charge is 2.06. The van der Waals surface area contributed by atoms with Crippen LogP contribution in [0.1, 0.15) is 18.1 Å². The van der Waals surface area contributed by atoms with Crippen LogP contribution in [0.3, 0.4) is 0 Å². The molecular formula is C10H12ClN. The van der Waals surface area contributed by atoms with Crippen LogP contribution in [0.4, 0.5) is 5.69 Å². The van der Waals surface area contributed by atoms with E-state index >= 15 is 0 Å². The van der Waals surface area contributed by atoms with Gasteiger partial charge in [0.2, 0.25) is 0 Å². The van der Waals surface area contributed by atoms with E-state index in [1.807, 2.05) is 19.9 Å². The SMILES string of the molecule is C=C(C)c1c(Cl)ccc(N)c1C. The second-order valence-corrected chi connectivity index (χ2v) is 3.32. The van der Waals surface area contributed by atoms with Crippen LogP contribution in [0.5, 0.6) is 0 Å². The van der Waals surface area contributed by atoms with E-state index in [9.17, 15) is 0 Å². The predicted molar refractivity (Wildman–Crippen MR) is 55.3 cm³/mol. The van der Waals surface area contributed by atoms with Crippen LogP contribution in [0.15, 0.2) is 18.7 Å². The molecule has 1 rings (SSSR count). The fourth-order valence-electron chi connectivity index (χ4n) is 1.22. The van der Waals surface area contributed by atoms with Crippen molar-refractivity contribution in [3.05, 3.63) is 34.9 Å². The molecule has 0 fully saturated rings. The Bertz CT molecular complexity index is 329. The second kappa shape index (κ2) is 3.20. The molecule has 64 valence electrons. The van der Waals surface area contributed by atoms with Crippen molar-refractivity contribution in [1.29, 1.82) is 0 Å². The molecule has 12 heavy (non-hydrogen) atoms. The molecule has 0 radical (unpaired) electrons. The molecular weight excluding hydrogens is 170 g/mol. The van der Waals surface area contributed by atoms with E-state index in [1.165, 1.54) is 0 Å². The van der Waals surface area contributed by atoms with Gasteiger partial charge in [-0.05, 0) is 37.1 Å². The Morgan fingerprint density at radius 2 is 2.08 bits per heavy atom. The van der Waals surface area contributed by atoms with E-state index in [2.05, 4.69) is 6.58 Å². The Morgan fingerprint density at radius 1 is 1.50 bits per heavy atom. The molecule has 0 unspecified atom stereocenters. The van der Waals surface area contributed by atoms with Crippen molar-refractivity contribution < 1.29 is 0 Å². The van der Waals surface area contributed by atoms with Gasteiger partial charge in [0.25, 0.3) is 0 Å². The minimum atomic E-state index is 0.717. The van der Waals surface area contributed by atoms with Crippen molar-refractivity contribution in [2.75, 3.05) is 5.73 Å². The lowest BCUT2D eigenvalue weighted by molar-refractivity contribution is 1.41. The summed E-state index contributed by atoms with van der Waals surface area (Å²) in [4.78, 5) is 0. The summed E-state index contributed by atoms with van der Waals surface area (Å²) in [7, 11) is 0. The molecule has 2 N–H and O–H groups in total. The molecule has 0 bridgehead atoms. The third-order valence-corrected chi connectivity index (χ3v) is 2.20. The van der Waals surface area contributed by atoms with Crippen LogP contribution in [0.25, 0.3) is 5.57 Å². The first-order chi connectivity index (χ1) is 5.54. The van der Waals surface area contributed by atoms with Crippen LogP contribution in [0.2, 0.25) is 5.02 Å². The van der Waals surface area contributed by atoms with E-state index in [0.717, 1.165) is 22.4 Å². The van der Waals surface area contributed by atoms with E-state index in [0.29, 0.717) is 5.02 Å². The van der Waals surface area contributed by atoms with Gasteiger partial charge in [0, 0.05) is 16.3 Å². The molecule has 0 saturated carbocycles. The number of hydrogen-bond donors (Lipinski definition) is 1. The largest absolute Gasteiger partial charge is 0.398 e. The van der Waals surface area contributed by atoms with Gasteiger partial charge >= 0.3 is 0 Å². The highest BCUT2D eigenvalue weighted by Crippen LogP contribution is 2.29. The quantitative estimate of drug-likeness (QED) is 0.662. The lowest BCUT2D eigenvalue weighted by Gasteiger charge is -2.09. The standard InChI is InChI=1S/C10H12ClN/c1-6(2)10-7(3)9(12)5-4-8(10)11/h4-5H,1,12H2,2-3H3. The Labute approximate surface area is 77.8 Å². The van der Waals surface area contributed by atoms with Crippen LogP contribution in [-0.4, -0.2) is 0 Å². The van der Waals surface area contributed by atoms with Crippen molar-refractivity contribution in [3.8, 4) is 0 Å². The fourth-order valence-corrected chi connectivity index (χ4v) is 1.58. The van der Waals surface area contributed by atoms with Crippen molar-refractivity contribution in [2.45, 2.75) is 13.8 Å². The monoisotopic (exact) mass is 181 g/mol. The minimum absolute atomic E-state index is 0.717. The summed E-state index contributed by atoms with van der Waals surface area (Å²) in [6.45, 7) is 7.72. The number of halogens is 1. The maximum atomic E-state index is 5.98. The van der Waals surface area contributed by atoms with Gasteiger partial charge in [0.1, 0.15) is 0 Å². The third kappa shape index (κ3) is 1.46. The summed E-state index contributed by atoms with van der Waals surface area (Å²) >= 11 is 5.98. The maximum Gasteiger partial charge on any atom is 0.0485 e. The van der Waals surface area contributed by atoms with Gasteiger partial charge in [-0.3, -0.25) is 0 Å². The first-order valence-electron chi connectivity index (χ1n) is 3.74. The molecule has 0 spiro atoms. The molecule has 0 heterocycles. The van der Waals surface area contributed by atoms with Crippen LogP contribution >= 0.6 is 11.6 Å². The molecule has 0 aliphatic heterocycles. The summed E-state index contributed by atoms with van der Waals surface area (Å²) in [5.41, 5.74) is 9.42. The second-order valence-electron chi connectivity index (χ2n) is 2.92. The van der Waals surface area contributed by atoms with Crippen molar-refractivity contribution in [1.82, 2.24) is 0 Å². The summed E-state index contributed by atoms with van der Waals surface area (Å²) in [5, 5.41) is 0.717. The van der Waals surface area contributed by atoms with Crippen molar-refractivity contribution >= 4 is 22.9 Å². The van der Waals surface area contributed by atoms with Gasteiger partial charge in [0.15, 0.2) is 0 Å². The molecule has 1 nitrogen and oxygen atoms in total. The zero-order valence-corrected chi connectivity index (χ0v) is 8.07. The molecule has 0 atom stereocenters. The smallest absolute Gasteiger partial charge is 0.0485 e. The Kier molecular flexibility index (Phi) is 2.43. The summed E-state index contributed by atoms with van der Waals surface area (Å²) < 4.78 is 0. The number of nitrogens with two attached hydrogens (primary N) is 1.